The molecule has 0 saturated heterocycles. The normalized spacial score (nSPS) is 29.0. The average Bonchev–Trinajstić information content (AvgIpc) is 3.15. The van der Waals surface area contributed by atoms with Crippen LogP contribution in [0.25, 0.3) is 0 Å². The minimum absolute atomic E-state index is 0.0302. The molecule has 0 atom stereocenters. The van der Waals surface area contributed by atoms with Gasteiger partial charge < -0.3 is 10.6 Å². The third kappa shape index (κ3) is 4.14. The first-order chi connectivity index (χ1) is 14.5. The molecule has 4 fully saturated rings. The van der Waals surface area contributed by atoms with Crippen molar-refractivity contribution in [3.05, 3.63) is 35.3 Å². The van der Waals surface area contributed by atoms with Gasteiger partial charge in [0.25, 0.3) is 0 Å². The largest absolute Gasteiger partial charge is 0.326 e. The summed E-state index contributed by atoms with van der Waals surface area (Å²) in [5.74, 6) is 2.90. The Bertz CT molecular complexity index is 918. The van der Waals surface area contributed by atoms with Crippen molar-refractivity contribution in [3.8, 4) is 0 Å². The van der Waals surface area contributed by atoms with E-state index in [1.54, 1.807) is 11.3 Å². The van der Waals surface area contributed by atoms with E-state index in [1.165, 1.54) is 62.9 Å². The number of nitrogens with one attached hydrogen (secondary N) is 2. The molecular formula is C23H27N3O2S2. The SMILES string of the molecule is CC(=O)Nc1ccc(SCC(=O)Nc2nc(C34CC5CC(CC(C5)C3)C4)cs2)cc1. The second kappa shape index (κ2) is 8.00. The average molecular weight is 442 g/mol. The third-order valence-electron chi connectivity index (χ3n) is 6.88. The number of benzene rings is 1. The smallest absolute Gasteiger partial charge is 0.236 e. The van der Waals surface area contributed by atoms with Gasteiger partial charge in [0.15, 0.2) is 5.13 Å². The van der Waals surface area contributed by atoms with E-state index in [2.05, 4.69) is 16.0 Å². The second-order valence-electron chi connectivity index (χ2n) is 9.28. The zero-order valence-electron chi connectivity index (χ0n) is 17.1. The van der Waals surface area contributed by atoms with Crippen molar-refractivity contribution < 1.29 is 9.59 Å². The Morgan fingerprint density at radius 3 is 2.30 bits per heavy atom. The fourth-order valence-electron chi connectivity index (χ4n) is 6.14. The molecule has 4 bridgehead atoms. The van der Waals surface area contributed by atoms with Crippen LogP contribution in [0.1, 0.15) is 51.1 Å². The number of amides is 2. The maximum atomic E-state index is 12.4. The predicted octanol–water partition coefficient (Wildman–Crippen LogP) is 5.30. The summed E-state index contributed by atoms with van der Waals surface area (Å²) in [6.45, 7) is 1.49. The molecule has 2 amide bonds. The Hall–Kier alpha value is -1.86. The van der Waals surface area contributed by atoms with Gasteiger partial charge in [0.05, 0.1) is 11.4 Å². The number of carbonyl (C=O) groups is 2. The van der Waals surface area contributed by atoms with Crippen LogP contribution in [-0.2, 0) is 15.0 Å². The highest BCUT2D eigenvalue weighted by atomic mass is 32.2. The van der Waals surface area contributed by atoms with Gasteiger partial charge in [-0.25, -0.2) is 4.98 Å². The minimum Gasteiger partial charge on any atom is -0.326 e. The number of thioether (sulfide) groups is 1. The molecule has 2 N–H and O–H groups in total. The highest BCUT2D eigenvalue weighted by molar-refractivity contribution is 8.00. The van der Waals surface area contributed by atoms with E-state index in [1.807, 2.05) is 24.3 Å². The molecule has 30 heavy (non-hydrogen) atoms. The van der Waals surface area contributed by atoms with E-state index < -0.39 is 0 Å². The summed E-state index contributed by atoms with van der Waals surface area (Å²) < 4.78 is 0. The fraction of sp³-hybridized carbons (Fsp3) is 0.522. The van der Waals surface area contributed by atoms with Crippen molar-refractivity contribution in [3.63, 3.8) is 0 Å². The first kappa shape index (κ1) is 20.1. The van der Waals surface area contributed by atoms with Gasteiger partial charge in [-0.05, 0) is 80.5 Å². The molecule has 1 aromatic carbocycles. The van der Waals surface area contributed by atoms with Crippen LogP contribution in [0.2, 0.25) is 0 Å². The molecule has 158 valence electrons. The lowest BCUT2D eigenvalue weighted by Gasteiger charge is -2.56. The van der Waals surface area contributed by atoms with Crippen molar-refractivity contribution in [2.45, 2.75) is 55.8 Å². The van der Waals surface area contributed by atoms with Crippen LogP contribution >= 0.6 is 23.1 Å². The van der Waals surface area contributed by atoms with Gasteiger partial charge in [-0.3, -0.25) is 9.59 Å². The van der Waals surface area contributed by atoms with Crippen molar-refractivity contribution in [2.75, 3.05) is 16.4 Å². The number of rotatable bonds is 6. The Morgan fingerprint density at radius 2 is 1.70 bits per heavy atom. The van der Waals surface area contributed by atoms with Gasteiger partial charge in [-0.15, -0.1) is 23.1 Å². The third-order valence-corrected chi connectivity index (χ3v) is 8.65. The van der Waals surface area contributed by atoms with Gasteiger partial charge in [-0.1, -0.05) is 0 Å². The first-order valence-corrected chi connectivity index (χ1v) is 12.6. The molecule has 4 saturated carbocycles. The maximum Gasteiger partial charge on any atom is 0.236 e. The van der Waals surface area contributed by atoms with E-state index >= 15 is 0 Å². The summed E-state index contributed by atoms with van der Waals surface area (Å²) in [5.41, 5.74) is 2.26. The van der Waals surface area contributed by atoms with Gasteiger partial charge in [0.2, 0.25) is 11.8 Å². The van der Waals surface area contributed by atoms with Gasteiger partial charge in [0, 0.05) is 28.3 Å². The summed E-state index contributed by atoms with van der Waals surface area (Å²) in [7, 11) is 0. The summed E-state index contributed by atoms with van der Waals surface area (Å²) in [5, 5.41) is 8.66. The highest BCUT2D eigenvalue weighted by Gasteiger charge is 2.52. The number of anilines is 2. The molecule has 4 aliphatic rings. The van der Waals surface area contributed by atoms with E-state index in [4.69, 9.17) is 4.98 Å². The number of hydrogen-bond donors (Lipinski definition) is 2. The monoisotopic (exact) mass is 441 g/mol. The molecule has 2 aromatic rings. The summed E-state index contributed by atoms with van der Waals surface area (Å²) in [6.07, 6.45) is 8.16. The molecule has 0 aliphatic heterocycles. The van der Waals surface area contributed by atoms with E-state index in [-0.39, 0.29) is 17.2 Å². The summed E-state index contributed by atoms with van der Waals surface area (Å²) in [6, 6.07) is 7.52. The highest BCUT2D eigenvalue weighted by Crippen LogP contribution is 2.60. The minimum atomic E-state index is -0.0915. The molecule has 7 heteroatoms. The predicted molar refractivity (Wildman–Crippen MR) is 122 cm³/mol. The Morgan fingerprint density at radius 1 is 1.07 bits per heavy atom. The topological polar surface area (TPSA) is 71.1 Å². The van der Waals surface area contributed by atoms with Gasteiger partial charge in [0.1, 0.15) is 0 Å². The zero-order chi connectivity index (χ0) is 20.7. The quantitative estimate of drug-likeness (QED) is 0.597. The van der Waals surface area contributed by atoms with Crippen LogP contribution in [0.5, 0.6) is 0 Å². The zero-order valence-corrected chi connectivity index (χ0v) is 18.8. The Balaban J connectivity index is 1.17. The molecule has 0 radical (unpaired) electrons. The lowest BCUT2D eigenvalue weighted by molar-refractivity contribution is -0.114. The van der Waals surface area contributed by atoms with Crippen LogP contribution in [0, 0.1) is 17.8 Å². The van der Waals surface area contributed by atoms with Crippen molar-refractivity contribution in [1.82, 2.24) is 4.98 Å². The molecular weight excluding hydrogens is 414 g/mol. The van der Waals surface area contributed by atoms with Gasteiger partial charge >= 0.3 is 0 Å². The van der Waals surface area contributed by atoms with Crippen LogP contribution in [0.3, 0.4) is 0 Å². The lowest BCUT2D eigenvalue weighted by Crippen LogP contribution is -2.48. The molecule has 6 rings (SSSR count). The van der Waals surface area contributed by atoms with Crippen LogP contribution in [-0.4, -0.2) is 22.6 Å². The molecule has 4 aliphatic carbocycles. The number of aromatic nitrogens is 1. The first-order valence-electron chi connectivity index (χ1n) is 10.7. The molecule has 0 spiro atoms. The van der Waals surface area contributed by atoms with E-state index in [0.717, 1.165) is 33.5 Å². The lowest BCUT2D eigenvalue weighted by atomic mass is 9.49. The van der Waals surface area contributed by atoms with E-state index in [0.29, 0.717) is 5.75 Å². The summed E-state index contributed by atoms with van der Waals surface area (Å²) >= 11 is 3.05. The number of hydrogen-bond acceptors (Lipinski definition) is 5. The standard InChI is InChI=1S/C23H27N3O2S2/c1-14(27)24-18-2-4-19(5-3-18)29-13-21(28)26-22-25-20(12-30-22)23-9-15-6-16(10-23)8-17(7-15)11-23/h2-5,12,15-17H,6-11,13H2,1H3,(H,24,27)(H,25,26,28). The number of nitrogens with zero attached hydrogens (tertiary/aromatic N) is 1. The Labute approximate surface area is 185 Å². The molecule has 1 aromatic heterocycles. The number of thiazole rings is 1. The van der Waals surface area contributed by atoms with Gasteiger partial charge in [-0.2, -0.15) is 0 Å². The maximum absolute atomic E-state index is 12.4. The molecule has 1 heterocycles. The Kier molecular flexibility index (Phi) is 5.35. The molecule has 0 unspecified atom stereocenters. The van der Waals surface area contributed by atoms with E-state index in [9.17, 15) is 9.59 Å². The fourth-order valence-corrected chi connectivity index (χ4v) is 7.69. The van der Waals surface area contributed by atoms with Crippen LogP contribution in [0.15, 0.2) is 34.5 Å². The summed E-state index contributed by atoms with van der Waals surface area (Å²) in [4.78, 5) is 29.4. The molecule has 5 nitrogen and oxygen atoms in total. The van der Waals surface area contributed by atoms with Crippen molar-refractivity contribution in [2.24, 2.45) is 17.8 Å². The number of carbonyl (C=O) groups excluding carboxylic acids is 2. The van der Waals surface area contributed by atoms with Crippen molar-refractivity contribution >= 4 is 45.7 Å². The van der Waals surface area contributed by atoms with Crippen LogP contribution in [0.4, 0.5) is 10.8 Å². The van der Waals surface area contributed by atoms with Crippen LogP contribution < -0.4 is 10.6 Å². The second-order valence-corrected chi connectivity index (χ2v) is 11.2. The van der Waals surface area contributed by atoms with Crippen molar-refractivity contribution in [1.29, 1.82) is 0 Å².